The first kappa shape index (κ1) is 45.8. The van der Waals surface area contributed by atoms with Crippen LogP contribution in [0.25, 0.3) is 156 Å². The average molecular weight is 1050 g/mol. The van der Waals surface area contributed by atoms with Crippen LogP contribution in [0.2, 0.25) is 0 Å². The van der Waals surface area contributed by atoms with Crippen molar-refractivity contribution in [3.63, 3.8) is 0 Å². The van der Waals surface area contributed by atoms with Gasteiger partial charge in [-0.2, -0.15) is 5.26 Å². The second-order valence-electron chi connectivity index (χ2n) is 20.4. The van der Waals surface area contributed by atoms with Gasteiger partial charge in [-0.3, -0.25) is 0 Å². The zero-order valence-electron chi connectivity index (χ0n) is 42.9. The van der Waals surface area contributed by atoms with Crippen LogP contribution in [0.3, 0.4) is 0 Å². The molecule has 0 aliphatic carbocycles. The van der Waals surface area contributed by atoms with Crippen molar-refractivity contribution >= 4 is 112 Å². The molecular formula is C74H42N4S2. The molecule has 4 nitrogen and oxygen atoms in total. The molecule has 16 aromatic rings. The van der Waals surface area contributed by atoms with E-state index in [4.69, 9.17) is 0 Å². The summed E-state index contributed by atoms with van der Waals surface area (Å²) >= 11 is 3.61. The van der Waals surface area contributed by atoms with Gasteiger partial charge in [-0.25, -0.2) is 4.85 Å². The van der Waals surface area contributed by atoms with E-state index in [0.717, 1.165) is 120 Å². The topological polar surface area (TPSA) is 38.0 Å². The molecule has 0 aliphatic rings. The standard InChI is InChI=1S/C74H42N4S2/c1-76-68-64(48-29-13-5-14-30-48)59(44-75)69(65(49-31-15-6-16-32-49)70(68)77-60-36-20-17-33-51(60)56-41-50(39-40-61(56)77)45-23-7-2-8-24-45)78-71-66(54(46-25-9-3-10-26-46)42-57-52-34-18-21-37-62(52)79-73(57)71)67-55(47-27-11-4-12-28-47)43-58-53-35-19-22-38-63(53)80-74(58)72(67)78/h2-43H. The Morgan fingerprint density at radius 1 is 0.362 bits per heavy atom. The number of fused-ring (bicyclic) bond motifs is 14. The van der Waals surface area contributed by atoms with Crippen molar-refractivity contribution in [1.29, 1.82) is 5.26 Å². The van der Waals surface area contributed by atoms with Crippen molar-refractivity contribution < 1.29 is 0 Å². The van der Waals surface area contributed by atoms with E-state index >= 15 is 0 Å². The highest BCUT2D eigenvalue weighted by Crippen LogP contribution is 2.57. The lowest BCUT2D eigenvalue weighted by molar-refractivity contribution is 1.14. The Kier molecular flexibility index (Phi) is 10.4. The molecule has 0 radical (unpaired) electrons. The van der Waals surface area contributed by atoms with Crippen LogP contribution in [0, 0.1) is 17.9 Å². The molecule has 0 saturated heterocycles. The first-order valence-electron chi connectivity index (χ1n) is 26.8. The molecule has 0 atom stereocenters. The lowest BCUT2D eigenvalue weighted by Gasteiger charge is -2.26. The normalized spacial score (nSPS) is 11.7. The molecular weight excluding hydrogens is 1010 g/mol. The molecule has 4 aromatic heterocycles. The molecule has 0 unspecified atom stereocenters. The van der Waals surface area contributed by atoms with Crippen LogP contribution in [0.1, 0.15) is 5.56 Å². The van der Waals surface area contributed by atoms with Crippen LogP contribution in [0.5, 0.6) is 0 Å². The third kappa shape index (κ3) is 6.71. The fourth-order valence-corrected chi connectivity index (χ4v) is 15.2. The summed E-state index contributed by atoms with van der Waals surface area (Å²) in [5.74, 6) is 0. The van der Waals surface area contributed by atoms with Crippen LogP contribution in [-0.2, 0) is 0 Å². The van der Waals surface area contributed by atoms with E-state index in [1.807, 2.05) is 24.3 Å². The van der Waals surface area contributed by atoms with Gasteiger partial charge in [-0.1, -0.05) is 212 Å². The molecule has 0 spiro atoms. The maximum atomic E-state index is 12.6. The largest absolute Gasteiger partial charge is 0.318 e. The summed E-state index contributed by atoms with van der Waals surface area (Å²) < 4.78 is 9.43. The molecule has 12 aromatic carbocycles. The van der Waals surface area contributed by atoms with Crippen molar-refractivity contribution in [2.45, 2.75) is 0 Å². The quantitative estimate of drug-likeness (QED) is 0.147. The monoisotopic (exact) mass is 1050 g/mol. The lowest BCUT2D eigenvalue weighted by atomic mass is 9.88. The van der Waals surface area contributed by atoms with Crippen LogP contribution >= 0.6 is 22.7 Å². The summed E-state index contributed by atoms with van der Waals surface area (Å²) in [5, 5.41) is 21.5. The SMILES string of the molecule is [C-]#[N+]c1c(-c2ccccc2)c(C#N)c(-n2c3c4sc5ccccc5c4cc(-c4ccccc4)c3c3c(-c4ccccc4)cc4c5ccccc5sc4c32)c(-c2ccccc2)c1-n1c2ccccc2c2cc(-c3ccccc3)ccc21. The number of rotatable bonds is 7. The minimum absolute atomic E-state index is 0.403. The first-order valence-corrected chi connectivity index (χ1v) is 28.4. The smallest absolute Gasteiger partial charge is 0.220 e. The molecule has 80 heavy (non-hydrogen) atoms. The summed E-state index contributed by atoms with van der Waals surface area (Å²) in [6.45, 7) is 9.56. The number of thiophene rings is 2. The number of hydrogen-bond acceptors (Lipinski definition) is 3. The number of nitriles is 1. The van der Waals surface area contributed by atoms with Crippen LogP contribution < -0.4 is 0 Å². The predicted octanol–water partition coefficient (Wildman–Crippen LogP) is 21.4. The van der Waals surface area contributed by atoms with Crippen molar-refractivity contribution in [1.82, 2.24) is 9.13 Å². The third-order valence-corrected chi connectivity index (χ3v) is 18.5. The zero-order valence-corrected chi connectivity index (χ0v) is 44.5. The average Bonchev–Trinajstić information content (AvgIpc) is 4.46. The molecule has 16 rings (SSSR count). The highest BCUT2D eigenvalue weighted by atomic mass is 32.1. The Labute approximate surface area is 468 Å². The van der Waals surface area contributed by atoms with Gasteiger partial charge in [0.1, 0.15) is 6.07 Å². The van der Waals surface area contributed by atoms with Gasteiger partial charge < -0.3 is 9.13 Å². The fraction of sp³-hybridized carbons (Fsp3) is 0. The molecule has 370 valence electrons. The summed E-state index contributed by atoms with van der Waals surface area (Å²) in [6, 6.07) is 93.4. The molecule has 0 aliphatic heterocycles. The molecule has 0 bridgehead atoms. The van der Waals surface area contributed by atoms with Crippen molar-refractivity contribution in [2.24, 2.45) is 0 Å². The highest BCUT2D eigenvalue weighted by Gasteiger charge is 2.34. The summed E-state index contributed by atoms with van der Waals surface area (Å²) in [5.41, 5.74) is 15.9. The molecule has 0 N–H and O–H groups in total. The van der Waals surface area contributed by atoms with E-state index in [9.17, 15) is 11.8 Å². The van der Waals surface area contributed by atoms with Gasteiger partial charge in [0.2, 0.25) is 5.69 Å². The summed E-state index contributed by atoms with van der Waals surface area (Å²) in [7, 11) is 0. The highest BCUT2D eigenvalue weighted by molar-refractivity contribution is 7.27. The Balaban J connectivity index is 1.23. The zero-order chi connectivity index (χ0) is 53.0. The third-order valence-electron chi connectivity index (χ3n) is 16.2. The van der Waals surface area contributed by atoms with Crippen molar-refractivity contribution in [2.75, 3.05) is 0 Å². The summed E-state index contributed by atoms with van der Waals surface area (Å²) in [6.07, 6.45) is 0. The number of para-hydroxylation sites is 1. The van der Waals surface area contributed by atoms with Crippen LogP contribution in [-0.4, -0.2) is 9.13 Å². The van der Waals surface area contributed by atoms with E-state index in [0.29, 0.717) is 22.5 Å². The number of aromatic nitrogens is 2. The maximum absolute atomic E-state index is 12.6. The van der Waals surface area contributed by atoms with Gasteiger partial charge >= 0.3 is 0 Å². The van der Waals surface area contributed by atoms with Gasteiger partial charge in [0.05, 0.1) is 55.0 Å². The van der Waals surface area contributed by atoms with E-state index in [1.54, 1.807) is 22.7 Å². The van der Waals surface area contributed by atoms with E-state index < -0.39 is 0 Å². The van der Waals surface area contributed by atoms with E-state index in [1.165, 1.54) is 20.2 Å². The molecule has 4 heterocycles. The number of benzene rings is 12. The molecule has 0 amide bonds. The van der Waals surface area contributed by atoms with Gasteiger partial charge in [-0.05, 0) is 87.0 Å². The van der Waals surface area contributed by atoms with Gasteiger partial charge in [-0.15, -0.1) is 22.7 Å². The van der Waals surface area contributed by atoms with E-state index in [2.05, 4.69) is 251 Å². The van der Waals surface area contributed by atoms with Crippen LogP contribution in [0.4, 0.5) is 5.69 Å². The second kappa shape index (κ2) is 18.1. The Morgan fingerprint density at radius 2 is 0.800 bits per heavy atom. The summed E-state index contributed by atoms with van der Waals surface area (Å²) in [4.78, 5) is 4.66. The maximum Gasteiger partial charge on any atom is 0.220 e. The van der Waals surface area contributed by atoms with Crippen LogP contribution in [0.15, 0.2) is 255 Å². The fourth-order valence-electron chi connectivity index (χ4n) is 12.8. The molecule has 0 saturated carbocycles. The number of hydrogen-bond donors (Lipinski definition) is 0. The van der Waals surface area contributed by atoms with Gasteiger partial charge in [0, 0.05) is 63.6 Å². The Morgan fingerprint density at radius 3 is 1.31 bits per heavy atom. The first-order chi connectivity index (χ1) is 39.7. The minimum Gasteiger partial charge on any atom is -0.318 e. The number of nitrogens with zero attached hydrogens (tertiary/aromatic N) is 4. The second-order valence-corrected chi connectivity index (χ2v) is 22.5. The minimum atomic E-state index is 0.403. The van der Waals surface area contributed by atoms with Gasteiger partial charge in [0.25, 0.3) is 0 Å². The van der Waals surface area contributed by atoms with Gasteiger partial charge in [0.15, 0.2) is 0 Å². The van der Waals surface area contributed by atoms with Crippen molar-refractivity contribution in [3.8, 4) is 73.1 Å². The molecule has 0 fully saturated rings. The molecule has 6 heteroatoms. The van der Waals surface area contributed by atoms with E-state index in [-0.39, 0.29) is 0 Å². The Hall–Kier alpha value is -10.3. The van der Waals surface area contributed by atoms with Crippen molar-refractivity contribution in [3.05, 3.63) is 272 Å². The predicted molar refractivity (Wildman–Crippen MR) is 339 cm³/mol. The lowest BCUT2D eigenvalue weighted by Crippen LogP contribution is -2.09. The Bertz CT molecular complexity index is 5120.